The molecule has 2 rings (SSSR count). The van der Waals surface area contributed by atoms with Crippen molar-refractivity contribution in [3.63, 3.8) is 0 Å². The van der Waals surface area contributed by atoms with Crippen LogP contribution in [0.3, 0.4) is 0 Å². The van der Waals surface area contributed by atoms with Crippen molar-refractivity contribution < 1.29 is 5.11 Å². The van der Waals surface area contributed by atoms with E-state index < -0.39 is 0 Å². The third-order valence-electron chi connectivity index (χ3n) is 1.71. The van der Waals surface area contributed by atoms with E-state index in [1.54, 1.807) is 6.92 Å². The van der Waals surface area contributed by atoms with Gasteiger partial charge < -0.3 is 10.4 Å². The number of hydrogen-bond acceptors (Lipinski definition) is 2. The average Bonchev–Trinajstić information content (AvgIpc) is 2.19. The zero-order valence-corrected chi connectivity index (χ0v) is 7.83. The van der Waals surface area contributed by atoms with Gasteiger partial charge in [0.2, 0.25) is 0 Å². The number of aliphatic hydroxyl groups is 1. The maximum atomic E-state index is 7.57. The molecule has 2 nitrogen and oxygen atoms in total. The standard InChI is InChI=1S/C9H9N.C2H6O/c1-2-6-9-8(4-1)5-3-7-10-9;1-2-3/h1-4,6-7,10H,5H2;3H,2H2,1H3. The Morgan fingerprint density at radius 2 is 2.08 bits per heavy atom. The molecule has 2 N–H and O–H groups in total. The van der Waals surface area contributed by atoms with Gasteiger partial charge in [0.25, 0.3) is 0 Å². The van der Waals surface area contributed by atoms with E-state index in [9.17, 15) is 0 Å². The number of aliphatic hydroxyl groups excluding tert-OH is 1. The Balaban J connectivity index is 0.000000251. The Kier molecular flexibility index (Phi) is 4.06. The second-order valence-electron chi connectivity index (χ2n) is 2.72. The first-order valence-electron chi connectivity index (χ1n) is 4.48. The average molecular weight is 177 g/mol. The van der Waals surface area contributed by atoms with Crippen molar-refractivity contribution in [1.82, 2.24) is 0 Å². The number of fused-ring (bicyclic) bond motifs is 1. The molecule has 0 saturated heterocycles. The highest BCUT2D eigenvalue weighted by atomic mass is 16.2. The molecule has 1 aromatic rings. The molecule has 0 fully saturated rings. The van der Waals surface area contributed by atoms with Crippen LogP contribution in [0.4, 0.5) is 5.69 Å². The molecule has 0 aromatic heterocycles. The number of benzene rings is 1. The number of nitrogens with one attached hydrogen (secondary N) is 1. The Bertz CT molecular complexity index is 254. The van der Waals surface area contributed by atoms with Gasteiger partial charge >= 0.3 is 0 Å². The lowest BCUT2D eigenvalue weighted by Gasteiger charge is -2.10. The summed E-state index contributed by atoms with van der Waals surface area (Å²) in [4.78, 5) is 0. The summed E-state index contributed by atoms with van der Waals surface area (Å²) < 4.78 is 0. The SMILES string of the molecule is C1=CNc2ccccc2C1.CCO. The van der Waals surface area contributed by atoms with E-state index in [1.807, 2.05) is 12.3 Å². The zero-order chi connectivity index (χ0) is 9.52. The fourth-order valence-corrected chi connectivity index (χ4v) is 1.17. The Labute approximate surface area is 78.9 Å². The molecular formula is C11H15NO. The summed E-state index contributed by atoms with van der Waals surface area (Å²) >= 11 is 0. The molecule has 1 aromatic carbocycles. The largest absolute Gasteiger partial charge is 0.397 e. The van der Waals surface area contributed by atoms with Gasteiger partial charge in [-0.25, -0.2) is 0 Å². The molecule has 0 aliphatic carbocycles. The minimum absolute atomic E-state index is 0.250. The van der Waals surface area contributed by atoms with Crippen LogP contribution in [0.1, 0.15) is 12.5 Å². The molecule has 1 heterocycles. The van der Waals surface area contributed by atoms with Crippen molar-refractivity contribution in [3.05, 3.63) is 42.1 Å². The van der Waals surface area contributed by atoms with E-state index >= 15 is 0 Å². The minimum Gasteiger partial charge on any atom is -0.397 e. The fourth-order valence-electron chi connectivity index (χ4n) is 1.17. The highest BCUT2D eigenvalue weighted by Crippen LogP contribution is 2.18. The van der Waals surface area contributed by atoms with Crippen LogP contribution >= 0.6 is 0 Å². The lowest BCUT2D eigenvalue weighted by atomic mass is 10.1. The summed E-state index contributed by atoms with van der Waals surface area (Å²) in [5.74, 6) is 0. The van der Waals surface area contributed by atoms with Gasteiger partial charge in [0.1, 0.15) is 0 Å². The first kappa shape index (κ1) is 9.81. The number of hydrogen-bond donors (Lipinski definition) is 2. The Morgan fingerprint density at radius 1 is 1.38 bits per heavy atom. The summed E-state index contributed by atoms with van der Waals surface area (Å²) in [5.41, 5.74) is 2.62. The smallest absolute Gasteiger partial charge is 0.0415 e. The van der Waals surface area contributed by atoms with Gasteiger partial charge in [-0.1, -0.05) is 24.3 Å². The number of rotatable bonds is 0. The van der Waals surface area contributed by atoms with Gasteiger partial charge in [0.15, 0.2) is 0 Å². The Hall–Kier alpha value is -1.28. The van der Waals surface area contributed by atoms with Crippen LogP contribution in [0, 0.1) is 0 Å². The summed E-state index contributed by atoms with van der Waals surface area (Å²) in [5, 5.41) is 10.8. The second-order valence-corrected chi connectivity index (χ2v) is 2.72. The molecule has 2 heteroatoms. The summed E-state index contributed by atoms with van der Waals surface area (Å²) in [6, 6.07) is 8.36. The lowest BCUT2D eigenvalue weighted by molar-refractivity contribution is 0.318. The predicted octanol–water partition coefficient (Wildman–Crippen LogP) is 2.17. The molecule has 0 spiro atoms. The van der Waals surface area contributed by atoms with Crippen LogP contribution in [-0.4, -0.2) is 11.7 Å². The maximum absolute atomic E-state index is 7.57. The maximum Gasteiger partial charge on any atom is 0.0415 e. The van der Waals surface area contributed by atoms with Gasteiger partial charge in [-0.05, 0) is 31.2 Å². The van der Waals surface area contributed by atoms with E-state index in [1.165, 1.54) is 11.3 Å². The monoisotopic (exact) mass is 177 g/mol. The van der Waals surface area contributed by atoms with E-state index in [2.05, 4.69) is 29.6 Å². The van der Waals surface area contributed by atoms with Crippen LogP contribution in [0.15, 0.2) is 36.5 Å². The molecule has 1 aliphatic heterocycles. The van der Waals surface area contributed by atoms with Gasteiger partial charge in [0.05, 0.1) is 0 Å². The van der Waals surface area contributed by atoms with Crippen LogP contribution in [0.25, 0.3) is 0 Å². The van der Waals surface area contributed by atoms with Gasteiger partial charge in [-0.15, -0.1) is 0 Å². The van der Waals surface area contributed by atoms with Crippen molar-refractivity contribution in [1.29, 1.82) is 0 Å². The van der Waals surface area contributed by atoms with Crippen LogP contribution in [0.5, 0.6) is 0 Å². The van der Waals surface area contributed by atoms with Crippen molar-refractivity contribution in [2.24, 2.45) is 0 Å². The third kappa shape index (κ3) is 2.92. The van der Waals surface area contributed by atoms with Gasteiger partial charge in [0, 0.05) is 12.3 Å². The summed E-state index contributed by atoms with van der Waals surface area (Å²) in [6.07, 6.45) is 5.17. The quantitative estimate of drug-likeness (QED) is 0.636. The number of anilines is 1. The van der Waals surface area contributed by atoms with Crippen LogP contribution in [-0.2, 0) is 6.42 Å². The molecule has 0 amide bonds. The molecule has 13 heavy (non-hydrogen) atoms. The van der Waals surface area contributed by atoms with Crippen LogP contribution < -0.4 is 5.32 Å². The molecule has 70 valence electrons. The van der Waals surface area contributed by atoms with Gasteiger partial charge in [-0.3, -0.25) is 0 Å². The third-order valence-corrected chi connectivity index (χ3v) is 1.71. The first-order chi connectivity index (χ1) is 6.38. The number of para-hydroxylation sites is 1. The molecule has 0 radical (unpaired) electrons. The van der Waals surface area contributed by atoms with E-state index in [4.69, 9.17) is 5.11 Å². The topological polar surface area (TPSA) is 32.3 Å². The first-order valence-corrected chi connectivity index (χ1v) is 4.48. The molecular weight excluding hydrogens is 162 g/mol. The molecule has 0 saturated carbocycles. The Morgan fingerprint density at radius 3 is 2.77 bits per heavy atom. The zero-order valence-electron chi connectivity index (χ0n) is 7.83. The van der Waals surface area contributed by atoms with E-state index in [-0.39, 0.29) is 6.61 Å². The van der Waals surface area contributed by atoms with Crippen molar-refractivity contribution >= 4 is 5.69 Å². The normalized spacial score (nSPS) is 12.2. The summed E-state index contributed by atoms with van der Waals surface area (Å²) in [6.45, 7) is 1.93. The highest BCUT2D eigenvalue weighted by molar-refractivity contribution is 5.55. The van der Waals surface area contributed by atoms with Crippen molar-refractivity contribution in [2.75, 3.05) is 11.9 Å². The predicted molar refractivity (Wildman–Crippen MR) is 55.7 cm³/mol. The lowest BCUT2D eigenvalue weighted by Crippen LogP contribution is -1.98. The van der Waals surface area contributed by atoms with Crippen molar-refractivity contribution in [2.45, 2.75) is 13.3 Å². The molecule has 0 bridgehead atoms. The molecule has 0 unspecified atom stereocenters. The molecule has 1 aliphatic rings. The van der Waals surface area contributed by atoms with Crippen LogP contribution in [0.2, 0.25) is 0 Å². The van der Waals surface area contributed by atoms with Crippen molar-refractivity contribution in [3.8, 4) is 0 Å². The van der Waals surface area contributed by atoms with E-state index in [0.717, 1.165) is 6.42 Å². The van der Waals surface area contributed by atoms with E-state index in [0.29, 0.717) is 0 Å². The number of allylic oxidation sites excluding steroid dienone is 1. The minimum atomic E-state index is 0.250. The fraction of sp³-hybridized carbons (Fsp3) is 0.273. The highest BCUT2D eigenvalue weighted by Gasteiger charge is 1.99. The second kappa shape index (κ2) is 5.38. The summed E-state index contributed by atoms with van der Waals surface area (Å²) in [7, 11) is 0. The van der Waals surface area contributed by atoms with Gasteiger partial charge in [-0.2, -0.15) is 0 Å². The molecule has 0 atom stereocenters.